The van der Waals surface area contributed by atoms with Crippen LogP contribution in [0.15, 0.2) is 48.5 Å². The Labute approximate surface area is 194 Å². The van der Waals surface area contributed by atoms with E-state index in [2.05, 4.69) is 5.32 Å². The zero-order chi connectivity index (χ0) is 24.9. The van der Waals surface area contributed by atoms with Crippen molar-refractivity contribution in [2.45, 2.75) is 37.4 Å². The van der Waals surface area contributed by atoms with E-state index in [9.17, 15) is 27.6 Å². The maximum Gasteiger partial charge on any atom is 0.407 e. The van der Waals surface area contributed by atoms with Crippen molar-refractivity contribution in [1.29, 1.82) is 0 Å². The maximum absolute atomic E-state index is 12.6. The van der Waals surface area contributed by atoms with Crippen LogP contribution in [0.25, 0.3) is 11.1 Å². The van der Waals surface area contributed by atoms with Crippen LogP contribution < -0.4 is 5.32 Å². The predicted octanol–water partition coefficient (Wildman–Crippen LogP) is 4.17. The van der Waals surface area contributed by atoms with E-state index >= 15 is 0 Å². The van der Waals surface area contributed by atoms with Crippen LogP contribution in [0.4, 0.5) is 18.0 Å². The largest absolute Gasteiger partial charge is 0.481 e. The highest BCUT2D eigenvalue weighted by molar-refractivity contribution is 5.89. The van der Waals surface area contributed by atoms with E-state index in [1.165, 1.54) is 7.05 Å². The molecule has 0 radical (unpaired) electrons. The molecule has 2 N–H and O–H groups in total. The second-order valence-corrected chi connectivity index (χ2v) is 8.10. The first kappa shape index (κ1) is 25.1. The quantitative estimate of drug-likeness (QED) is 0.564. The molecule has 0 fully saturated rings. The summed E-state index contributed by atoms with van der Waals surface area (Å²) in [5, 5.41) is 11.4. The molecule has 10 heteroatoms. The van der Waals surface area contributed by atoms with Crippen LogP contribution in [-0.2, 0) is 14.3 Å². The standard InChI is InChI=1S/C24H25F3N2O5/c1-29(12-6-11-24(25,26)27)22(32)20(13-21(30)31)28-23(33)34-14-19-17-9-4-2-7-15(17)16-8-3-5-10-18(16)19/h2-5,7-10,19-20H,6,11-14H2,1H3,(H,28,33)(H,30,31). The van der Waals surface area contributed by atoms with Gasteiger partial charge in [0.1, 0.15) is 12.6 Å². The fourth-order valence-electron chi connectivity index (χ4n) is 4.05. The molecule has 1 unspecified atom stereocenters. The van der Waals surface area contributed by atoms with Crippen LogP contribution >= 0.6 is 0 Å². The Morgan fingerprint density at radius 3 is 2.15 bits per heavy atom. The average Bonchev–Trinajstić information content (AvgIpc) is 3.09. The molecule has 0 saturated carbocycles. The van der Waals surface area contributed by atoms with Gasteiger partial charge in [-0.2, -0.15) is 13.2 Å². The van der Waals surface area contributed by atoms with Gasteiger partial charge in [-0.1, -0.05) is 48.5 Å². The monoisotopic (exact) mass is 478 g/mol. The van der Waals surface area contributed by atoms with E-state index in [0.717, 1.165) is 27.2 Å². The van der Waals surface area contributed by atoms with E-state index < -0.39 is 43.0 Å². The number of halogens is 3. The summed E-state index contributed by atoms with van der Waals surface area (Å²) in [6.45, 7) is -0.268. The SMILES string of the molecule is CN(CCCC(F)(F)F)C(=O)C(CC(=O)O)NC(=O)OCC1c2ccccc2-c2ccccc21. The fourth-order valence-corrected chi connectivity index (χ4v) is 4.05. The second kappa shape index (κ2) is 10.6. The minimum atomic E-state index is -4.36. The highest BCUT2D eigenvalue weighted by Gasteiger charge is 2.32. The van der Waals surface area contributed by atoms with Gasteiger partial charge < -0.3 is 20.1 Å². The molecular formula is C24H25F3N2O5. The molecule has 0 spiro atoms. The van der Waals surface area contributed by atoms with Crippen molar-refractivity contribution in [3.63, 3.8) is 0 Å². The zero-order valence-electron chi connectivity index (χ0n) is 18.5. The number of nitrogens with one attached hydrogen (secondary N) is 1. The van der Waals surface area contributed by atoms with Gasteiger partial charge >= 0.3 is 18.2 Å². The maximum atomic E-state index is 12.6. The Balaban J connectivity index is 1.62. The summed E-state index contributed by atoms with van der Waals surface area (Å²) in [5.74, 6) is -2.38. The summed E-state index contributed by atoms with van der Waals surface area (Å²) in [7, 11) is 1.26. The molecule has 0 saturated heterocycles. The number of fused-ring (bicyclic) bond motifs is 3. The number of likely N-dealkylation sites (N-methyl/N-ethyl adjacent to an activating group) is 1. The minimum Gasteiger partial charge on any atom is -0.481 e. The number of carbonyl (C=O) groups excluding carboxylic acids is 2. The Kier molecular flexibility index (Phi) is 7.80. The van der Waals surface area contributed by atoms with E-state index in [4.69, 9.17) is 9.84 Å². The number of alkyl carbamates (subject to hydrolysis) is 1. The number of amides is 2. The smallest absolute Gasteiger partial charge is 0.407 e. The molecule has 3 rings (SSSR count). The lowest BCUT2D eigenvalue weighted by atomic mass is 9.98. The first-order chi connectivity index (χ1) is 16.1. The van der Waals surface area contributed by atoms with Gasteiger partial charge in [-0.25, -0.2) is 4.79 Å². The molecule has 182 valence electrons. The normalized spacial score (nSPS) is 13.5. The summed E-state index contributed by atoms with van der Waals surface area (Å²) < 4.78 is 42.4. The van der Waals surface area contributed by atoms with Gasteiger partial charge in [0.2, 0.25) is 5.91 Å². The number of alkyl halides is 3. The molecular weight excluding hydrogens is 453 g/mol. The number of aliphatic carboxylic acids is 1. The van der Waals surface area contributed by atoms with Crippen molar-refractivity contribution < 1.29 is 37.4 Å². The predicted molar refractivity (Wildman–Crippen MR) is 117 cm³/mol. The van der Waals surface area contributed by atoms with Crippen LogP contribution in [0.2, 0.25) is 0 Å². The minimum absolute atomic E-state index is 0.0325. The highest BCUT2D eigenvalue weighted by atomic mass is 19.4. The van der Waals surface area contributed by atoms with E-state index in [1.807, 2.05) is 48.5 Å². The van der Waals surface area contributed by atoms with Crippen molar-refractivity contribution in [3.05, 3.63) is 59.7 Å². The molecule has 7 nitrogen and oxygen atoms in total. The summed E-state index contributed by atoms with van der Waals surface area (Å²) in [6, 6.07) is 14.0. The van der Waals surface area contributed by atoms with Crippen molar-refractivity contribution in [2.75, 3.05) is 20.2 Å². The molecule has 0 bridgehead atoms. The topological polar surface area (TPSA) is 95.9 Å². The van der Waals surface area contributed by atoms with Crippen LogP contribution in [0.1, 0.15) is 36.3 Å². The van der Waals surface area contributed by atoms with Gasteiger partial charge in [-0.15, -0.1) is 0 Å². The van der Waals surface area contributed by atoms with E-state index in [0.29, 0.717) is 0 Å². The number of carboxylic acids is 1. The number of ether oxygens (including phenoxy) is 1. The van der Waals surface area contributed by atoms with Gasteiger partial charge in [-0.05, 0) is 28.7 Å². The molecule has 0 heterocycles. The molecule has 34 heavy (non-hydrogen) atoms. The third-order valence-corrected chi connectivity index (χ3v) is 5.64. The molecule has 1 aliphatic rings. The Morgan fingerprint density at radius 2 is 1.62 bits per heavy atom. The fraction of sp³-hybridized carbons (Fsp3) is 0.375. The number of carbonyl (C=O) groups is 3. The lowest BCUT2D eigenvalue weighted by molar-refractivity contribution is -0.143. The van der Waals surface area contributed by atoms with Crippen molar-refractivity contribution in [2.24, 2.45) is 0 Å². The number of carboxylic acid groups (broad SMARTS) is 1. The van der Waals surface area contributed by atoms with Crippen LogP contribution in [-0.4, -0.2) is 60.4 Å². The molecule has 2 aromatic carbocycles. The molecule has 0 aromatic heterocycles. The molecule has 1 aliphatic carbocycles. The van der Waals surface area contributed by atoms with Crippen LogP contribution in [0, 0.1) is 0 Å². The number of nitrogens with zero attached hydrogens (tertiary/aromatic N) is 1. The summed E-state index contributed by atoms with van der Waals surface area (Å²) in [6.07, 6.45) is -7.48. The summed E-state index contributed by atoms with van der Waals surface area (Å²) in [5.41, 5.74) is 4.04. The average molecular weight is 478 g/mol. The van der Waals surface area contributed by atoms with Gasteiger partial charge in [0.15, 0.2) is 0 Å². The van der Waals surface area contributed by atoms with Crippen molar-refractivity contribution in [1.82, 2.24) is 10.2 Å². The zero-order valence-corrected chi connectivity index (χ0v) is 18.5. The molecule has 0 aliphatic heterocycles. The van der Waals surface area contributed by atoms with Gasteiger partial charge in [0.05, 0.1) is 6.42 Å². The van der Waals surface area contributed by atoms with Gasteiger partial charge in [0.25, 0.3) is 0 Å². The first-order valence-corrected chi connectivity index (χ1v) is 10.7. The second-order valence-electron chi connectivity index (χ2n) is 8.10. The van der Waals surface area contributed by atoms with Crippen LogP contribution in [0.3, 0.4) is 0 Å². The van der Waals surface area contributed by atoms with Crippen molar-refractivity contribution >= 4 is 18.0 Å². The summed E-state index contributed by atoms with van der Waals surface area (Å²) >= 11 is 0. The van der Waals surface area contributed by atoms with Crippen LogP contribution in [0.5, 0.6) is 0 Å². The number of hydrogen-bond donors (Lipinski definition) is 2. The molecule has 1 atom stereocenters. The number of benzene rings is 2. The highest BCUT2D eigenvalue weighted by Crippen LogP contribution is 2.44. The number of hydrogen-bond acceptors (Lipinski definition) is 4. The third-order valence-electron chi connectivity index (χ3n) is 5.64. The van der Waals surface area contributed by atoms with Crippen molar-refractivity contribution in [3.8, 4) is 11.1 Å². The number of rotatable bonds is 9. The first-order valence-electron chi connectivity index (χ1n) is 10.7. The Bertz CT molecular complexity index is 1010. The Morgan fingerprint density at radius 1 is 1.06 bits per heavy atom. The lowest BCUT2D eigenvalue weighted by Gasteiger charge is -2.24. The van der Waals surface area contributed by atoms with E-state index in [1.54, 1.807) is 0 Å². The van der Waals surface area contributed by atoms with Gasteiger partial charge in [-0.3, -0.25) is 9.59 Å². The summed E-state index contributed by atoms with van der Waals surface area (Å²) in [4.78, 5) is 37.2. The molecule has 2 aromatic rings. The molecule has 2 amide bonds. The van der Waals surface area contributed by atoms with Gasteiger partial charge in [0, 0.05) is 25.9 Å². The van der Waals surface area contributed by atoms with E-state index in [-0.39, 0.29) is 25.5 Å². The lowest BCUT2D eigenvalue weighted by Crippen LogP contribution is -2.49. The Hall–Kier alpha value is -3.56. The third kappa shape index (κ3) is 6.27.